The summed E-state index contributed by atoms with van der Waals surface area (Å²) < 4.78 is 9.14. The average Bonchev–Trinajstić information content (AvgIpc) is 2.49. The fourth-order valence-electron chi connectivity index (χ4n) is 1.44. The number of nitrogens with zero attached hydrogens (tertiary/aromatic N) is 1. The van der Waals surface area contributed by atoms with Crippen molar-refractivity contribution in [2.75, 3.05) is 19.6 Å². The summed E-state index contributed by atoms with van der Waals surface area (Å²) in [6.07, 6.45) is 0.159. The molecule has 0 aromatic heterocycles. The van der Waals surface area contributed by atoms with E-state index in [1.54, 1.807) is 12.1 Å². The van der Waals surface area contributed by atoms with Crippen molar-refractivity contribution in [2.45, 2.75) is 19.8 Å². The standard InChI is InChI=1S/C14H17ClN2O4/c1-9-4-5-10(8-11(9)15)16-17-12(14(19)21-3)6-7-13(18)20-2/h4-5,8,16H,6-7H2,1-3H3. The number of carbonyl (C=O) groups excluding carboxylic acids is 2. The molecule has 0 bridgehead atoms. The largest absolute Gasteiger partial charge is 0.469 e. The van der Waals surface area contributed by atoms with Gasteiger partial charge < -0.3 is 9.47 Å². The lowest BCUT2D eigenvalue weighted by molar-refractivity contribution is -0.140. The van der Waals surface area contributed by atoms with Crippen molar-refractivity contribution in [1.82, 2.24) is 0 Å². The molecule has 1 aromatic rings. The summed E-state index contributed by atoms with van der Waals surface area (Å²) in [5.74, 6) is -1.03. The Kier molecular flexibility index (Phi) is 6.68. The molecule has 21 heavy (non-hydrogen) atoms. The van der Waals surface area contributed by atoms with Crippen LogP contribution in [-0.2, 0) is 19.1 Å². The van der Waals surface area contributed by atoms with Gasteiger partial charge in [0, 0.05) is 11.4 Å². The van der Waals surface area contributed by atoms with Crippen LogP contribution in [0.4, 0.5) is 5.69 Å². The molecule has 1 N–H and O–H groups in total. The molecule has 0 heterocycles. The van der Waals surface area contributed by atoms with Crippen LogP contribution in [0, 0.1) is 6.92 Å². The minimum absolute atomic E-state index is 0.0424. The number of nitrogens with one attached hydrogen (secondary N) is 1. The van der Waals surface area contributed by atoms with Crippen LogP contribution in [0.5, 0.6) is 0 Å². The number of carbonyl (C=O) groups is 2. The Bertz CT molecular complexity index is 558. The first-order valence-electron chi connectivity index (χ1n) is 6.21. The minimum atomic E-state index is -0.607. The van der Waals surface area contributed by atoms with Gasteiger partial charge in [-0.15, -0.1) is 0 Å². The third-order valence-electron chi connectivity index (χ3n) is 2.71. The average molecular weight is 313 g/mol. The molecule has 0 aliphatic heterocycles. The van der Waals surface area contributed by atoms with Crippen molar-refractivity contribution in [3.8, 4) is 0 Å². The molecule has 114 valence electrons. The van der Waals surface area contributed by atoms with Gasteiger partial charge in [-0.05, 0) is 24.6 Å². The lowest BCUT2D eigenvalue weighted by atomic mass is 10.2. The number of methoxy groups -OCH3 is 2. The maximum atomic E-state index is 11.6. The molecule has 0 saturated heterocycles. The first-order valence-corrected chi connectivity index (χ1v) is 6.59. The van der Waals surface area contributed by atoms with E-state index >= 15 is 0 Å². The van der Waals surface area contributed by atoms with E-state index in [1.807, 2.05) is 13.0 Å². The van der Waals surface area contributed by atoms with Crippen molar-refractivity contribution < 1.29 is 19.1 Å². The van der Waals surface area contributed by atoms with Crippen LogP contribution in [0.15, 0.2) is 23.3 Å². The molecule has 0 saturated carbocycles. The van der Waals surface area contributed by atoms with E-state index in [0.717, 1.165) is 5.56 Å². The van der Waals surface area contributed by atoms with Gasteiger partial charge in [0.25, 0.3) is 0 Å². The smallest absolute Gasteiger partial charge is 0.354 e. The fourth-order valence-corrected chi connectivity index (χ4v) is 1.62. The zero-order valence-corrected chi connectivity index (χ0v) is 12.9. The third kappa shape index (κ3) is 5.43. The van der Waals surface area contributed by atoms with Gasteiger partial charge in [0.05, 0.1) is 26.3 Å². The Hall–Kier alpha value is -2.08. The minimum Gasteiger partial charge on any atom is -0.469 e. The number of benzene rings is 1. The monoisotopic (exact) mass is 312 g/mol. The molecule has 0 unspecified atom stereocenters. The van der Waals surface area contributed by atoms with Crippen LogP contribution >= 0.6 is 11.6 Å². The maximum absolute atomic E-state index is 11.6. The summed E-state index contributed by atoms with van der Waals surface area (Å²) in [6.45, 7) is 1.88. The first kappa shape index (κ1) is 17.0. The lowest BCUT2D eigenvalue weighted by Gasteiger charge is -2.07. The Morgan fingerprint density at radius 1 is 1.24 bits per heavy atom. The molecule has 0 amide bonds. The summed E-state index contributed by atoms with van der Waals surface area (Å²) in [5.41, 5.74) is 4.38. The number of ether oxygens (including phenoxy) is 2. The number of halogens is 1. The van der Waals surface area contributed by atoms with Crippen LogP contribution in [0.25, 0.3) is 0 Å². The fraction of sp³-hybridized carbons (Fsp3) is 0.357. The number of hydrogen-bond donors (Lipinski definition) is 1. The summed E-state index contributed by atoms with van der Waals surface area (Å²) in [4.78, 5) is 22.7. The highest BCUT2D eigenvalue weighted by molar-refractivity contribution is 6.36. The number of aryl methyl sites for hydroxylation is 1. The van der Waals surface area contributed by atoms with Crippen molar-refractivity contribution in [3.63, 3.8) is 0 Å². The molecule has 0 radical (unpaired) electrons. The van der Waals surface area contributed by atoms with Gasteiger partial charge in [-0.2, -0.15) is 5.10 Å². The van der Waals surface area contributed by atoms with Crippen LogP contribution in [-0.4, -0.2) is 31.9 Å². The van der Waals surface area contributed by atoms with Crippen molar-refractivity contribution in [3.05, 3.63) is 28.8 Å². The van der Waals surface area contributed by atoms with Gasteiger partial charge >= 0.3 is 11.9 Å². The van der Waals surface area contributed by atoms with E-state index in [1.165, 1.54) is 14.2 Å². The predicted octanol–water partition coefficient (Wildman–Crippen LogP) is 2.54. The first-order chi connectivity index (χ1) is 9.97. The van der Waals surface area contributed by atoms with Gasteiger partial charge in [-0.25, -0.2) is 4.79 Å². The quantitative estimate of drug-likeness (QED) is 0.496. The van der Waals surface area contributed by atoms with E-state index in [0.29, 0.717) is 10.7 Å². The Morgan fingerprint density at radius 3 is 2.52 bits per heavy atom. The van der Waals surface area contributed by atoms with Gasteiger partial charge in [0.2, 0.25) is 0 Å². The third-order valence-corrected chi connectivity index (χ3v) is 3.11. The molecule has 1 aromatic carbocycles. The number of anilines is 1. The normalized spacial score (nSPS) is 11.0. The highest BCUT2D eigenvalue weighted by Crippen LogP contribution is 2.20. The van der Waals surface area contributed by atoms with Crippen LogP contribution in [0.2, 0.25) is 5.02 Å². The second-order valence-corrected chi connectivity index (χ2v) is 4.61. The summed E-state index contributed by atoms with van der Waals surface area (Å²) in [5, 5.41) is 4.55. The number of hydrogen-bond acceptors (Lipinski definition) is 6. The number of hydrazone groups is 1. The molecule has 0 spiro atoms. The molecule has 0 aliphatic carbocycles. The van der Waals surface area contributed by atoms with E-state index in [9.17, 15) is 9.59 Å². The van der Waals surface area contributed by atoms with Crippen molar-refractivity contribution in [1.29, 1.82) is 0 Å². The van der Waals surface area contributed by atoms with E-state index in [4.69, 9.17) is 11.6 Å². The predicted molar refractivity (Wildman–Crippen MR) is 80.5 cm³/mol. The number of rotatable bonds is 6. The SMILES string of the molecule is COC(=O)CCC(=NNc1ccc(C)c(Cl)c1)C(=O)OC. The summed E-state index contributed by atoms with van der Waals surface area (Å²) in [6, 6.07) is 5.29. The van der Waals surface area contributed by atoms with Crippen molar-refractivity contribution in [2.24, 2.45) is 5.10 Å². The summed E-state index contributed by atoms with van der Waals surface area (Å²) >= 11 is 6.00. The zero-order valence-electron chi connectivity index (χ0n) is 12.1. The highest BCUT2D eigenvalue weighted by atomic mass is 35.5. The molecule has 6 nitrogen and oxygen atoms in total. The number of esters is 2. The molecule has 1 rings (SSSR count). The molecule has 7 heteroatoms. The van der Waals surface area contributed by atoms with Gasteiger partial charge in [0.15, 0.2) is 0 Å². The van der Waals surface area contributed by atoms with Crippen LogP contribution < -0.4 is 5.43 Å². The van der Waals surface area contributed by atoms with Gasteiger partial charge in [-0.1, -0.05) is 17.7 Å². The topological polar surface area (TPSA) is 77.0 Å². The van der Waals surface area contributed by atoms with E-state index in [2.05, 4.69) is 20.0 Å². The van der Waals surface area contributed by atoms with Crippen LogP contribution in [0.3, 0.4) is 0 Å². The molecular weight excluding hydrogens is 296 g/mol. The second-order valence-electron chi connectivity index (χ2n) is 4.20. The van der Waals surface area contributed by atoms with Crippen LogP contribution in [0.1, 0.15) is 18.4 Å². The van der Waals surface area contributed by atoms with Gasteiger partial charge in [-0.3, -0.25) is 10.2 Å². The Morgan fingerprint density at radius 2 is 1.95 bits per heavy atom. The Labute approximate surface area is 128 Å². The zero-order chi connectivity index (χ0) is 15.8. The molecule has 0 atom stereocenters. The molecule has 0 fully saturated rings. The van der Waals surface area contributed by atoms with E-state index < -0.39 is 11.9 Å². The molecular formula is C14H17ClN2O4. The maximum Gasteiger partial charge on any atom is 0.354 e. The highest BCUT2D eigenvalue weighted by Gasteiger charge is 2.14. The van der Waals surface area contributed by atoms with Gasteiger partial charge in [0.1, 0.15) is 5.71 Å². The lowest BCUT2D eigenvalue weighted by Crippen LogP contribution is -2.19. The molecule has 0 aliphatic rings. The summed E-state index contributed by atoms with van der Waals surface area (Å²) in [7, 11) is 2.53. The van der Waals surface area contributed by atoms with E-state index in [-0.39, 0.29) is 18.6 Å². The Balaban J connectivity index is 2.79. The van der Waals surface area contributed by atoms with Crippen molar-refractivity contribution >= 4 is 34.9 Å². The second kappa shape index (κ2) is 8.26.